The van der Waals surface area contributed by atoms with Crippen LogP contribution in [0.15, 0.2) is 30.3 Å². The van der Waals surface area contributed by atoms with Gasteiger partial charge in [-0.15, -0.1) is 0 Å². The molecule has 0 amide bonds. The number of ether oxygens (including phenoxy) is 1. The van der Waals surface area contributed by atoms with E-state index in [0.29, 0.717) is 0 Å². The molecule has 1 unspecified atom stereocenters. The molecule has 18 heavy (non-hydrogen) atoms. The van der Waals surface area contributed by atoms with E-state index in [1.54, 1.807) is 0 Å². The van der Waals surface area contributed by atoms with E-state index in [1.165, 1.54) is 20.4 Å². The van der Waals surface area contributed by atoms with E-state index in [-0.39, 0.29) is 9.90 Å². The van der Waals surface area contributed by atoms with Crippen molar-refractivity contribution in [3.05, 3.63) is 35.9 Å². The fourth-order valence-corrected chi connectivity index (χ4v) is 15.0. The molecule has 1 aromatic carbocycles. The normalized spacial score (nSPS) is 13.1. The Hall–Kier alpha value is -0.511. The molecule has 0 bridgehead atoms. The molecule has 1 atom stereocenters. The van der Waals surface area contributed by atoms with E-state index in [2.05, 4.69) is 32.9 Å². The Morgan fingerprint density at radius 3 is 2.00 bits per heavy atom. The fourth-order valence-electron chi connectivity index (χ4n) is 2.87. The van der Waals surface area contributed by atoms with Gasteiger partial charge in [-0.2, -0.15) is 0 Å². The first-order chi connectivity index (χ1) is 8.65. The van der Waals surface area contributed by atoms with Gasteiger partial charge < -0.3 is 0 Å². The van der Waals surface area contributed by atoms with Gasteiger partial charge in [0.25, 0.3) is 0 Å². The number of hydrogen-bond donors (Lipinski definition) is 0. The van der Waals surface area contributed by atoms with Gasteiger partial charge in [-0.1, -0.05) is 0 Å². The zero-order valence-corrected chi connectivity index (χ0v) is 14.8. The Balaban J connectivity index is 3.25. The summed E-state index contributed by atoms with van der Waals surface area (Å²) in [6, 6.07) is 10.2. The molecule has 0 heterocycles. The van der Waals surface area contributed by atoms with Gasteiger partial charge in [-0.05, 0) is 0 Å². The van der Waals surface area contributed by atoms with Crippen molar-refractivity contribution in [2.75, 3.05) is 7.11 Å². The molecule has 0 radical (unpaired) electrons. The van der Waals surface area contributed by atoms with E-state index in [4.69, 9.17) is 4.74 Å². The predicted molar refractivity (Wildman–Crippen MR) is 78.4 cm³/mol. The third-order valence-electron chi connectivity index (χ3n) is 4.29. The summed E-state index contributed by atoms with van der Waals surface area (Å²) in [7, 11) is 1.51. The Labute approximate surface area is 115 Å². The molecule has 0 fully saturated rings. The average molecular weight is 355 g/mol. The molecule has 3 heteroatoms. The molecule has 0 saturated carbocycles. The summed E-state index contributed by atoms with van der Waals surface area (Å²) in [5, 5.41) is 0. The molecule has 100 valence electrons. The van der Waals surface area contributed by atoms with Gasteiger partial charge >= 0.3 is 115 Å². The molecule has 0 spiro atoms. The molecule has 0 aromatic heterocycles. The molecular weight excluding hydrogens is 331 g/mol. The summed E-state index contributed by atoms with van der Waals surface area (Å²) in [6.45, 7) is 6.76. The van der Waals surface area contributed by atoms with Crippen LogP contribution in [-0.2, 0) is 9.53 Å². The summed E-state index contributed by atoms with van der Waals surface area (Å²) < 4.78 is 8.71. The molecule has 0 aliphatic carbocycles. The third-order valence-corrected chi connectivity index (χ3v) is 21.5. The molecule has 1 rings (SSSR count). The second kappa shape index (κ2) is 7.17. The van der Waals surface area contributed by atoms with Crippen molar-refractivity contribution >= 4 is 24.3 Å². The van der Waals surface area contributed by atoms with Crippen LogP contribution in [0.5, 0.6) is 0 Å². The minimum absolute atomic E-state index is 0.0254. The maximum absolute atomic E-state index is 12.3. The Kier molecular flexibility index (Phi) is 6.19. The van der Waals surface area contributed by atoms with Crippen LogP contribution < -0.4 is 0 Å². The number of hydrogen-bond acceptors (Lipinski definition) is 2. The number of rotatable bonds is 6. The zero-order chi connectivity index (χ0) is 13.6. The van der Waals surface area contributed by atoms with E-state index in [0.717, 1.165) is 5.56 Å². The quantitative estimate of drug-likeness (QED) is 0.570. The van der Waals surface area contributed by atoms with Crippen LogP contribution in [0.1, 0.15) is 30.3 Å². The fraction of sp³-hybridized carbons (Fsp3) is 0.533. The molecule has 0 aliphatic rings. The first kappa shape index (κ1) is 15.5. The van der Waals surface area contributed by atoms with Crippen molar-refractivity contribution in [2.24, 2.45) is 0 Å². The summed E-state index contributed by atoms with van der Waals surface area (Å²) in [4.78, 5) is 12.3. The summed E-state index contributed by atoms with van der Waals surface area (Å²) in [5.41, 5.74) is 1.16. The van der Waals surface area contributed by atoms with E-state index < -0.39 is 18.4 Å². The van der Waals surface area contributed by atoms with Crippen molar-refractivity contribution < 1.29 is 9.53 Å². The van der Waals surface area contributed by atoms with E-state index in [1.807, 2.05) is 18.2 Å². The zero-order valence-electron chi connectivity index (χ0n) is 11.9. The van der Waals surface area contributed by atoms with Crippen molar-refractivity contribution in [3.63, 3.8) is 0 Å². The van der Waals surface area contributed by atoms with Crippen LogP contribution >= 0.6 is 0 Å². The van der Waals surface area contributed by atoms with Crippen LogP contribution in [0.4, 0.5) is 0 Å². The van der Waals surface area contributed by atoms with E-state index >= 15 is 0 Å². The number of benzene rings is 1. The van der Waals surface area contributed by atoms with Crippen LogP contribution in [0, 0.1) is 0 Å². The molecule has 0 N–H and O–H groups in total. The first-order valence-electron chi connectivity index (χ1n) is 6.78. The Morgan fingerprint density at radius 2 is 1.61 bits per heavy atom. The molecular formula is C15H24O2Sn. The van der Waals surface area contributed by atoms with Gasteiger partial charge in [0, 0.05) is 0 Å². The topological polar surface area (TPSA) is 26.3 Å². The van der Waals surface area contributed by atoms with Crippen molar-refractivity contribution in [3.8, 4) is 0 Å². The van der Waals surface area contributed by atoms with Crippen LogP contribution in [0.2, 0.25) is 13.3 Å². The predicted octanol–water partition coefficient (Wildman–Crippen LogP) is 3.99. The summed E-state index contributed by atoms with van der Waals surface area (Å²) in [5.74, 6) is -0.0254. The SMILES string of the molecule is C[CH2][Sn]([CH2]C)([CH2]C)[CH](C(=O)OC)c1ccccc1. The number of methoxy groups -OCH3 is 1. The second-order valence-electron chi connectivity index (χ2n) is 4.79. The number of carbonyl (C=O) groups is 1. The average Bonchev–Trinajstić information content (AvgIpc) is 2.45. The molecule has 0 aliphatic heterocycles. The van der Waals surface area contributed by atoms with Gasteiger partial charge in [0.15, 0.2) is 0 Å². The third kappa shape index (κ3) is 3.08. The van der Waals surface area contributed by atoms with Crippen LogP contribution in [0.25, 0.3) is 0 Å². The van der Waals surface area contributed by atoms with Gasteiger partial charge in [0.2, 0.25) is 0 Å². The van der Waals surface area contributed by atoms with Crippen molar-refractivity contribution in [1.29, 1.82) is 0 Å². The standard InChI is InChI=1S/C9H9O2.3C2H5.Sn/c1-11-9(10)7-8-5-3-2-4-6-8;3*1-2;/h2-7H,1H3;3*1H2,2H3;. The van der Waals surface area contributed by atoms with Gasteiger partial charge in [-0.3, -0.25) is 0 Å². The monoisotopic (exact) mass is 356 g/mol. The Bertz CT molecular complexity index is 363. The van der Waals surface area contributed by atoms with Gasteiger partial charge in [0.05, 0.1) is 0 Å². The number of esters is 1. The van der Waals surface area contributed by atoms with Gasteiger partial charge in [0.1, 0.15) is 0 Å². The first-order valence-corrected chi connectivity index (χ1v) is 14.5. The Morgan fingerprint density at radius 1 is 1.11 bits per heavy atom. The molecule has 2 nitrogen and oxygen atoms in total. The van der Waals surface area contributed by atoms with Gasteiger partial charge in [-0.25, -0.2) is 0 Å². The number of carbonyl (C=O) groups excluding carboxylic acids is 1. The van der Waals surface area contributed by atoms with Crippen molar-refractivity contribution in [1.82, 2.24) is 0 Å². The summed E-state index contributed by atoms with van der Waals surface area (Å²) in [6.07, 6.45) is 0. The maximum atomic E-state index is 12.3. The van der Waals surface area contributed by atoms with E-state index in [9.17, 15) is 4.79 Å². The molecule has 0 saturated heterocycles. The van der Waals surface area contributed by atoms with Crippen molar-refractivity contribution in [2.45, 2.75) is 38.0 Å². The van der Waals surface area contributed by atoms with Crippen LogP contribution in [-0.4, -0.2) is 31.5 Å². The van der Waals surface area contributed by atoms with Crippen LogP contribution in [0.3, 0.4) is 0 Å². The second-order valence-corrected chi connectivity index (χ2v) is 20.3. The molecule has 1 aromatic rings. The minimum atomic E-state index is -2.49. The summed E-state index contributed by atoms with van der Waals surface area (Å²) >= 11 is -2.49.